The molecule has 0 saturated heterocycles. The summed E-state index contributed by atoms with van der Waals surface area (Å²) in [6, 6.07) is 9.37. The molecule has 3 aromatic rings. The molecule has 0 spiro atoms. The van der Waals surface area contributed by atoms with Gasteiger partial charge >= 0.3 is 0 Å². The molecule has 0 unspecified atom stereocenters. The zero-order chi connectivity index (χ0) is 19.1. The fourth-order valence-electron chi connectivity index (χ4n) is 2.48. The number of carbonyl (C=O) groups excluding carboxylic acids is 1. The Morgan fingerprint density at radius 1 is 1.33 bits per heavy atom. The molecule has 3 rings (SSSR count). The summed E-state index contributed by atoms with van der Waals surface area (Å²) in [5.74, 6) is 1.52. The second-order valence-corrected chi connectivity index (χ2v) is 6.64. The number of thioether (sulfide) groups is 1. The molecule has 0 bridgehead atoms. The second-order valence-electron chi connectivity index (χ2n) is 5.69. The molecule has 0 aromatic carbocycles. The van der Waals surface area contributed by atoms with E-state index >= 15 is 0 Å². The minimum atomic E-state index is -0.0832. The zero-order valence-electron chi connectivity index (χ0n) is 14.8. The predicted molar refractivity (Wildman–Crippen MR) is 99.3 cm³/mol. The molecule has 0 atom stereocenters. The summed E-state index contributed by atoms with van der Waals surface area (Å²) in [6.07, 6.45) is 5.23. The van der Waals surface area contributed by atoms with E-state index in [1.54, 1.807) is 29.6 Å². The van der Waals surface area contributed by atoms with Crippen LogP contribution in [0.4, 0.5) is 0 Å². The molecule has 0 aliphatic carbocycles. The van der Waals surface area contributed by atoms with Crippen molar-refractivity contribution in [3.8, 4) is 17.5 Å². The van der Waals surface area contributed by atoms with E-state index in [9.17, 15) is 4.79 Å². The molecular formula is C18H18N6O2S. The van der Waals surface area contributed by atoms with Crippen molar-refractivity contribution in [1.29, 1.82) is 5.26 Å². The van der Waals surface area contributed by atoms with Crippen LogP contribution >= 0.6 is 11.8 Å². The maximum absolute atomic E-state index is 12.6. The highest BCUT2D eigenvalue weighted by molar-refractivity contribution is 7.99. The third kappa shape index (κ3) is 4.74. The molecule has 8 nitrogen and oxygen atoms in total. The Labute approximate surface area is 160 Å². The van der Waals surface area contributed by atoms with Gasteiger partial charge in [-0.25, -0.2) is 0 Å². The maximum atomic E-state index is 12.6. The van der Waals surface area contributed by atoms with Gasteiger partial charge in [0.05, 0.1) is 31.1 Å². The average molecular weight is 382 g/mol. The van der Waals surface area contributed by atoms with Crippen molar-refractivity contribution >= 4 is 17.7 Å². The maximum Gasteiger partial charge on any atom is 0.233 e. The van der Waals surface area contributed by atoms with Gasteiger partial charge in [0.25, 0.3) is 0 Å². The Morgan fingerprint density at radius 3 is 2.85 bits per heavy atom. The number of amides is 1. The number of furan rings is 1. The first-order valence-electron chi connectivity index (χ1n) is 8.28. The monoisotopic (exact) mass is 382 g/mol. The van der Waals surface area contributed by atoms with E-state index in [4.69, 9.17) is 9.68 Å². The number of hydrogen-bond donors (Lipinski definition) is 0. The summed E-state index contributed by atoms with van der Waals surface area (Å²) >= 11 is 1.31. The molecule has 0 radical (unpaired) electrons. The fraction of sp³-hybridized carbons (Fsp3) is 0.278. The third-order valence-corrected chi connectivity index (χ3v) is 4.88. The number of carbonyl (C=O) groups is 1. The number of nitriles is 1. The van der Waals surface area contributed by atoms with Crippen LogP contribution in [0.15, 0.2) is 52.5 Å². The standard InChI is InChI=1S/C18H18N6O2S/c1-23-17(14-5-8-20-9-6-14)21-22-18(23)27-13-16(25)24(10-3-7-19)12-15-4-2-11-26-15/h2,4-6,8-9,11H,3,10,12-13H2,1H3. The fourth-order valence-corrected chi connectivity index (χ4v) is 3.29. The molecule has 1 amide bonds. The van der Waals surface area contributed by atoms with Crippen molar-refractivity contribution in [2.24, 2.45) is 7.05 Å². The summed E-state index contributed by atoms with van der Waals surface area (Å²) in [6.45, 7) is 0.701. The lowest BCUT2D eigenvalue weighted by Gasteiger charge is -2.20. The zero-order valence-corrected chi connectivity index (χ0v) is 15.6. The van der Waals surface area contributed by atoms with Crippen LogP contribution < -0.4 is 0 Å². The summed E-state index contributed by atoms with van der Waals surface area (Å²) < 4.78 is 7.16. The molecule has 27 heavy (non-hydrogen) atoms. The van der Waals surface area contributed by atoms with E-state index in [2.05, 4.69) is 21.3 Å². The van der Waals surface area contributed by atoms with Crippen LogP contribution in [0.3, 0.4) is 0 Å². The number of pyridine rings is 1. The molecule has 3 heterocycles. The van der Waals surface area contributed by atoms with E-state index in [0.717, 1.165) is 5.56 Å². The van der Waals surface area contributed by atoms with Crippen molar-refractivity contribution in [2.75, 3.05) is 12.3 Å². The Balaban J connectivity index is 1.65. The quantitative estimate of drug-likeness (QED) is 0.552. The molecule has 0 fully saturated rings. The minimum Gasteiger partial charge on any atom is -0.467 e. The first kappa shape index (κ1) is 18.7. The van der Waals surface area contributed by atoms with Crippen LogP contribution in [0.25, 0.3) is 11.4 Å². The van der Waals surface area contributed by atoms with Crippen molar-refractivity contribution in [2.45, 2.75) is 18.1 Å². The van der Waals surface area contributed by atoms with Gasteiger partial charge in [0.2, 0.25) is 5.91 Å². The van der Waals surface area contributed by atoms with E-state index in [-0.39, 0.29) is 18.1 Å². The molecule has 138 valence electrons. The number of nitrogens with zero attached hydrogens (tertiary/aromatic N) is 6. The van der Waals surface area contributed by atoms with Crippen LogP contribution in [0.5, 0.6) is 0 Å². The van der Waals surface area contributed by atoms with Gasteiger partial charge in [-0.1, -0.05) is 11.8 Å². The molecule has 0 aliphatic rings. The minimum absolute atomic E-state index is 0.0832. The van der Waals surface area contributed by atoms with Gasteiger partial charge in [0, 0.05) is 31.5 Å². The highest BCUT2D eigenvalue weighted by Gasteiger charge is 2.18. The number of hydrogen-bond acceptors (Lipinski definition) is 7. The Bertz CT molecular complexity index is 917. The van der Waals surface area contributed by atoms with E-state index in [1.165, 1.54) is 11.8 Å². The Morgan fingerprint density at radius 2 is 2.15 bits per heavy atom. The Kier molecular flexibility index (Phi) is 6.22. The van der Waals surface area contributed by atoms with E-state index < -0.39 is 0 Å². The average Bonchev–Trinajstić information content (AvgIpc) is 3.33. The molecule has 9 heteroatoms. The van der Waals surface area contributed by atoms with Gasteiger partial charge in [-0.05, 0) is 24.3 Å². The molecule has 0 aliphatic heterocycles. The van der Waals surface area contributed by atoms with Crippen molar-refractivity contribution in [1.82, 2.24) is 24.6 Å². The summed E-state index contributed by atoms with van der Waals surface area (Å²) in [4.78, 5) is 18.2. The largest absolute Gasteiger partial charge is 0.467 e. The van der Waals surface area contributed by atoms with Gasteiger partial charge in [-0.3, -0.25) is 9.78 Å². The van der Waals surface area contributed by atoms with Crippen LogP contribution in [0.2, 0.25) is 0 Å². The van der Waals surface area contributed by atoms with E-state index in [0.29, 0.717) is 29.8 Å². The second kappa shape index (κ2) is 9.00. The molecular weight excluding hydrogens is 364 g/mol. The lowest BCUT2D eigenvalue weighted by molar-refractivity contribution is -0.129. The van der Waals surface area contributed by atoms with Crippen molar-refractivity contribution in [3.63, 3.8) is 0 Å². The van der Waals surface area contributed by atoms with E-state index in [1.807, 2.05) is 29.8 Å². The first-order valence-corrected chi connectivity index (χ1v) is 9.27. The van der Waals surface area contributed by atoms with Gasteiger partial charge in [0.1, 0.15) is 5.76 Å². The predicted octanol–water partition coefficient (Wildman–Crippen LogP) is 2.50. The van der Waals surface area contributed by atoms with Crippen LogP contribution in [0, 0.1) is 11.3 Å². The normalized spacial score (nSPS) is 10.5. The number of rotatable bonds is 8. The highest BCUT2D eigenvalue weighted by Crippen LogP contribution is 2.22. The lowest BCUT2D eigenvalue weighted by atomic mass is 10.2. The van der Waals surface area contributed by atoms with Gasteiger partial charge in [-0.2, -0.15) is 5.26 Å². The van der Waals surface area contributed by atoms with Gasteiger partial charge in [-0.15, -0.1) is 10.2 Å². The topological polar surface area (TPSA) is 101 Å². The highest BCUT2D eigenvalue weighted by atomic mass is 32.2. The molecule has 0 saturated carbocycles. The van der Waals surface area contributed by atoms with Crippen molar-refractivity contribution in [3.05, 3.63) is 48.7 Å². The lowest BCUT2D eigenvalue weighted by Crippen LogP contribution is -2.32. The molecule has 3 aromatic heterocycles. The number of aromatic nitrogens is 4. The Hall–Kier alpha value is -3.12. The van der Waals surface area contributed by atoms with Crippen molar-refractivity contribution < 1.29 is 9.21 Å². The summed E-state index contributed by atoms with van der Waals surface area (Å²) in [5.41, 5.74) is 0.909. The first-order chi connectivity index (χ1) is 13.2. The third-order valence-electron chi connectivity index (χ3n) is 3.87. The van der Waals surface area contributed by atoms with Crippen LogP contribution in [0.1, 0.15) is 12.2 Å². The SMILES string of the molecule is Cn1c(SCC(=O)N(CCC#N)Cc2ccco2)nnc1-c1ccncc1. The molecule has 0 N–H and O–H groups in total. The smallest absolute Gasteiger partial charge is 0.233 e. The van der Waals surface area contributed by atoms with Gasteiger partial charge in [0.15, 0.2) is 11.0 Å². The van der Waals surface area contributed by atoms with Gasteiger partial charge < -0.3 is 13.9 Å². The summed E-state index contributed by atoms with van der Waals surface area (Å²) in [7, 11) is 1.86. The van der Waals surface area contributed by atoms with Crippen LogP contribution in [-0.2, 0) is 18.4 Å². The van der Waals surface area contributed by atoms with Crippen LogP contribution in [-0.4, -0.2) is 42.9 Å². The summed E-state index contributed by atoms with van der Waals surface area (Å²) in [5, 5.41) is 17.9.